The molecule has 3 aliphatic rings. The van der Waals surface area contributed by atoms with Gasteiger partial charge in [-0.05, 0) is 77.5 Å². The summed E-state index contributed by atoms with van der Waals surface area (Å²) < 4.78 is 53.0. The second kappa shape index (κ2) is 8.00. The number of nitrogens with zero attached hydrogens (tertiary/aromatic N) is 2. The Bertz CT molecular complexity index is 1370. The summed E-state index contributed by atoms with van der Waals surface area (Å²) in [6, 6.07) is 7.21. The smallest absolute Gasteiger partial charge is 0.417 e. The Labute approximate surface area is 212 Å². The molecule has 0 aliphatic carbocycles. The molecule has 194 valence electrons. The molecule has 36 heavy (non-hydrogen) atoms. The van der Waals surface area contributed by atoms with Gasteiger partial charge in [-0.3, -0.25) is 0 Å². The fraction of sp³-hybridized carbons (Fsp3) is 0.567. The number of hydrogen-bond acceptors (Lipinski definition) is 2. The van der Waals surface area contributed by atoms with Crippen LogP contribution in [0.2, 0.25) is 0 Å². The largest absolute Gasteiger partial charge is 0.456 e. The van der Waals surface area contributed by atoms with Gasteiger partial charge in [0.25, 0.3) is 0 Å². The minimum absolute atomic E-state index is 0.0824. The molecule has 5 rings (SSSR count). The Morgan fingerprint density at radius 3 is 2.22 bits per heavy atom. The van der Waals surface area contributed by atoms with Gasteiger partial charge in [-0.15, -0.1) is 0 Å². The van der Waals surface area contributed by atoms with Crippen LogP contribution in [0.1, 0.15) is 96.8 Å². The molecule has 2 aromatic carbocycles. The van der Waals surface area contributed by atoms with Crippen molar-refractivity contribution in [3.05, 3.63) is 51.5 Å². The Morgan fingerprint density at radius 2 is 1.61 bits per heavy atom. The molecule has 3 aliphatic heterocycles. The highest BCUT2D eigenvalue weighted by Crippen LogP contribution is 2.50. The molecule has 0 amide bonds. The quantitative estimate of drug-likeness (QED) is 0.441. The second-order valence-electron chi connectivity index (χ2n) is 12.1. The van der Waals surface area contributed by atoms with Crippen LogP contribution in [0.4, 0.5) is 18.9 Å². The molecule has 2 atom stereocenters. The van der Waals surface area contributed by atoms with Gasteiger partial charge in [0.05, 0.1) is 11.6 Å². The molecule has 0 spiro atoms. The van der Waals surface area contributed by atoms with Gasteiger partial charge in [-0.2, -0.15) is 13.2 Å². The Hall–Kier alpha value is -2.50. The molecule has 3 heterocycles. The maximum atomic E-state index is 14.8. The van der Waals surface area contributed by atoms with Crippen LogP contribution in [-0.2, 0) is 0 Å². The summed E-state index contributed by atoms with van der Waals surface area (Å²) in [5.74, 6) is 0.900. The van der Waals surface area contributed by atoms with Crippen molar-refractivity contribution >= 4 is 11.3 Å². The van der Waals surface area contributed by atoms with Crippen molar-refractivity contribution in [1.29, 1.82) is 0 Å². The number of benzene rings is 2. The molecule has 3 nitrogen and oxygen atoms in total. The third-order valence-corrected chi connectivity index (χ3v) is 8.65. The Balaban J connectivity index is 1.85. The molecule has 0 N–H and O–H groups in total. The van der Waals surface area contributed by atoms with Crippen LogP contribution < -0.4 is 24.8 Å². The Kier molecular flexibility index (Phi) is 5.59. The summed E-state index contributed by atoms with van der Waals surface area (Å²) in [6.07, 6.45) is -2.73. The highest BCUT2D eigenvalue weighted by atomic mass is 19.4. The monoisotopic (exact) mass is 499 g/mol. The predicted octanol–water partition coefficient (Wildman–Crippen LogP) is 6.46. The zero-order valence-electron chi connectivity index (χ0n) is 22.7. The van der Waals surface area contributed by atoms with Crippen molar-refractivity contribution in [3.63, 3.8) is 0 Å². The number of alkyl halides is 3. The van der Waals surface area contributed by atoms with E-state index in [4.69, 9.17) is 4.74 Å². The van der Waals surface area contributed by atoms with E-state index in [0.29, 0.717) is 11.5 Å². The SMILES string of the molecule is CCN1c2cc3c(cc2C(C)CC1(C)C)C(C(F)(F)F)=c1cc2c(cc1O3)=[N+](CC)C(C)(C)CC2C. The van der Waals surface area contributed by atoms with Crippen LogP contribution >= 0.6 is 0 Å². The lowest BCUT2D eigenvalue weighted by Crippen LogP contribution is -2.52. The predicted molar refractivity (Wildman–Crippen MR) is 140 cm³/mol. The number of halogens is 3. The van der Waals surface area contributed by atoms with Gasteiger partial charge < -0.3 is 9.64 Å². The molecule has 0 fully saturated rings. The molecule has 0 aromatic heterocycles. The zero-order valence-corrected chi connectivity index (χ0v) is 22.7. The van der Waals surface area contributed by atoms with Gasteiger partial charge in [0.2, 0.25) is 5.36 Å². The second-order valence-corrected chi connectivity index (χ2v) is 12.1. The summed E-state index contributed by atoms with van der Waals surface area (Å²) in [5.41, 5.74) is 2.33. The van der Waals surface area contributed by atoms with Gasteiger partial charge in [-0.25, -0.2) is 4.58 Å². The average Bonchev–Trinajstić information content (AvgIpc) is 2.74. The van der Waals surface area contributed by atoms with Crippen molar-refractivity contribution in [2.24, 2.45) is 0 Å². The molecule has 0 saturated carbocycles. The number of rotatable bonds is 2. The van der Waals surface area contributed by atoms with E-state index in [1.807, 2.05) is 12.1 Å². The lowest BCUT2D eigenvalue weighted by molar-refractivity contribution is -0.0698. The van der Waals surface area contributed by atoms with Gasteiger partial charge in [-0.1, -0.05) is 13.8 Å². The van der Waals surface area contributed by atoms with Gasteiger partial charge >= 0.3 is 6.18 Å². The summed E-state index contributed by atoms with van der Waals surface area (Å²) in [6.45, 7) is 18.8. The van der Waals surface area contributed by atoms with E-state index in [0.717, 1.165) is 48.1 Å². The summed E-state index contributed by atoms with van der Waals surface area (Å²) >= 11 is 0. The van der Waals surface area contributed by atoms with Gasteiger partial charge in [0, 0.05) is 46.6 Å². The minimum atomic E-state index is -4.50. The van der Waals surface area contributed by atoms with E-state index in [1.165, 1.54) is 0 Å². The van der Waals surface area contributed by atoms with Crippen LogP contribution in [0.3, 0.4) is 0 Å². The lowest BCUT2D eigenvalue weighted by atomic mass is 9.78. The van der Waals surface area contributed by atoms with Crippen LogP contribution in [-0.4, -0.2) is 30.3 Å². The van der Waals surface area contributed by atoms with Crippen molar-refractivity contribution in [2.75, 3.05) is 18.0 Å². The van der Waals surface area contributed by atoms with Crippen molar-refractivity contribution in [3.8, 4) is 11.5 Å². The molecule has 2 unspecified atom stereocenters. The molecule has 0 bridgehead atoms. The normalized spacial score (nSPS) is 23.9. The standard InChI is InChI=1S/C30H38F3N2O/c1-9-34-23-13-25-21(11-19(23)17(3)15-28(34,5)6)27(30(31,32)33)22-12-20-18(4)16-29(7,8)35(10-2)24(20)14-26(22)36-25/h11-14,17-18H,9-10,15-16H2,1-8H3/q+1. The first kappa shape index (κ1) is 25.2. The maximum Gasteiger partial charge on any atom is 0.417 e. The van der Waals surface area contributed by atoms with Crippen LogP contribution in [0.25, 0.3) is 5.57 Å². The third-order valence-electron chi connectivity index (χ3n) is 8.65. The summed E-state index contributed by atoms with van der Waals surface area (Å²) in [4.78, 5) is 2.30. The highest BCUT2D eigenvalue weighted by Gasteiger charge is 2.44. The van der Waals surface area contributed by atoms with Gasteiger partial charge in [0.1, 0.15) is 18.0 Å². The van der Waals surface area contributed by atoms with Crippen LogP contribution in [0.5, 0.6) is 11.5 Å². The highest BCUT2D eigenvalue weighted by molar-refractivity contribution is 5.81. The fourth-order valence-electron chi connectivity index (χ4n) is 7.34. The van der Waals surface area contributed by atoms with Crippen molar-refractivity contribution < 1.29 is 17.9 Å². The van der Waals surface area contributed by atoms with E-state index >= 15 is 0 Å². The fourth-order valence-corrected chi connectivity index (χ4v) is 7.34. The number of anilines is 1. The molecule has 0 radical (unpaired) electrons. The molecular weight excluding hydrogens is 461 g/mol. The third kappa shape index (κ3) is 3.66. The number of hydrogen-bond donors (Lipinski definition) is 0. The number of fused-ring (bicyclic) bond motifs is 4. The van der Waals surface area contributed by atoms with Crippen molar-refractivity contribution in [1.82, 2.24) is 4.58 Å². The van der Waals surface area contributed by atoms with E-state index in [1.54, 1.807) is 12.1 Å². The average molecular weight is 500 g/mol. The van der Waals surface area contributed by atoms with Crippen LogP contribution in [0, 0.1) is 0 Å². The molecular formula is C30H38F3N2O+. The Morgan fingerprint density at radius 1 is 0.944 bits per heavy atom. The van der Waals surface area contributed by atoms with E-state index in [-0.39, 0.29) is 33.7 Å². The van der Waals surface area contributed by atoms with E-state index in [2.05, 4.69) is 64.9 Å². The topological polar surface area (TPSA) is 15.5 Å². The van der Waals surface area contributed by atoms with E-state index in [9.17, 15) is 13.2 Å². The first-order chi connectivity index (χ1) is 16.7. The molecule has 2 aromatic rings. The zero-order chi connectivity index (χ0) is 26.4. The van der Waals surface area contributed by atoms with E-state index < -0.39 is 11.7 Å². The van der Waals surface area contributed by atoms with Gasteiger partial charge in [0.15, 0.2) is 5.54 Å². The molecule has 0 saturated heterocycles. The summed E-state index contributed by atoms with van der Waals surface area (Å²) in [5, 5.41) is 1.14. The molecule has 6 heteroatoms. The number of ether oxygens (including phenoxy) is 1. The minimum Gasteiger partial charge on any atom is -0.456 e. The first-order valence-electron chi connectivity index (χ1n) is 13.2. The first-order valence-corrected chi connectivity index (χ1v) is 13.2. The lowest BCUT2D eigenvalue weighted by Gasteiger charge is -2.47. The van der Waals surface area contributed by atoms with Crippen molar-refractivity contribution in [2.45, 2.75) is 97.3 Å². The summed E-state index contributed by atoms with van der Waals surface area (Å²) in [7, 11) is 0. The van der Waals surface area contributed by atoms with Crippen LogP contribution in [0.15, 0.2) is 24.3 Å². The maximum absolute atomic E-state index is 14.8.